The zero-order valence-corrected chi connectivity index (χ0v) is 14.6. The zero-order valence-electron chi connectivity index (χ0n) is 14.6. The first-order chi connectivity index (χ1) is 11.4. The fourth-order valence-corrected chi connectivity index (χ4v) is 1.99. The smallest absolute Gasteiger partial charge is 0.232 e. The first-order valence-electron chi connectivity index (χ1n) is 7.90. The predicted molar refractivity (Wildman–Crippen MR) is 91.3 cm³/mol. The van der Waals surface area contributed by atoms with Crippen LogP contribution in [0.5, 0.6) is 0 Å². The number of hydrogen-bond donors (Lipinski definition) is 2. The van der Waals surface area contributed by atoms with Crippen molar-refractivity contribution >= 4 is 5.96 Å². The molecule has 2 N–H and O–H groups in total. The van der Waals surface area contributed by atoms with Crippen LogP contribution in [0.15, 0.2) is 33.8 Å². The Labute approximate surface area is 141 Å². The number of hydrogen-bond acceptors (Lipinski definition) is 4. The molecule has 0 saturated heterocycles. The third kappa shape index (κ3) is 5.33. The van der Waals surface area contributed by atoms with Crippen LogP contribution in [-0.2, 0) is 18.4 Å². The molecule has 0 amide bonds. The highest BCUT2D eigenvalue weighted by atomic mass is 19.1. The van der Waals surface area contributed by atoms with E-state index in [1.807, 2.05) is 20.8 Å². The first-order valence-corrected chi connectivity index (χ1v) is 7.90. The fourth-order valence-electron chi connectivity index (χ4n) is 1.99. The normalized spacial score (nSPS) is 12.3. The highest BCUT2D eigenvalue weighted by molar-refractivity contribution is 5.79. The summed E-state index contributed by atoms with van der Waals surface area (Å²) in [6, 6.07) is 6.48. The van der Waals surface area contributed by atoms with E-state index in [1.54, 1.807) is 19.2 Å². The number of nitrogens with zero attached hydrogens (tertiary/aromatic N) is 3. The number of rotatable bonds is 5. The van der Waals surface area contributed by atoms with Crippen molar-refractivity contribution in [3.05, 3.63) is 47.4 Å². The number of aliphatic imine (C=N–C) groups is 1. The minimum Gasteiger partial charge on any atom is -0.356 e. The Balaban J connectivity index is 1.78. The molecule has 0 radical (unpaired) electrons. The number of benzene rings is 1. The summed E-state index contributed by atoms with van der Waals surface area (Å²) in [6.45, 7) is 7.18. The van der Waals surface area contributed by atoms with E-state index in [0.717, 1.165) is 12.0 Å². The summed E-state index contributed by atoms with van der Waals surface area (Å²) in [5, 5.41) is 10.3. The molecular weight excluding hydrogens is 309 g/mol. The molecule has 0 fully saturated rings. The van der Waals surface area contributed by atoms with Gasteiger partial charge in [0.25, 0.3) is 0 Å². The van der Waals surface area contributed by atoms with E-state index < -0.39 is 0 Å². The topological polar surface area (TPSA) is 75.3 Å². The van der Waals surface area contributed by atoms with Crippen LogP contribution in [0, 0.1) is 5.82 Å². The predicted octanol–water partition coefficient (Wildman–Crippen LogP) is 2.41. The Kier molecular flexibility index (Phi) is 5.89. The summed E-state index contributed by atoms with van der Waals surface area (Å²) in [4.78, 5) is 8.52. The van der Waals surface area contributed by atoms with E-state index >= 15 is 0 Å². The van der Waals surface area contributed by atoms with E-state index in [0.29, 0.717) is 30.8 Å². The first kappa shape index (κ1) is 17.9. The van der Waals surface area contributed by atoms with Crippen LogP contribution in [0.4, 0.5) is 4.39 Å². The van der Waals surface area contributed by atoms with E-state index in [1.165, 1.54) is 12.1 Å². The molecule has 24 heavy (non-hydrogen) atoms. The van der Waals surface area contributed by atoms with E-state index in [4.69, 9.17) is 4.52 Å². The molecule has 0 saturated carbocycles. The molecule has 0 atom stereocenters. The standard InChI is InChI=1S/C17H24FN5O/c1-17(2,3)15-22-14(23-24-15)11-21-16(19-4)20-10-9-12-5-7-13(18)8-6-12/h5-8H,9-11H2,1-4H3,(H2,19,20,21). The van der Waals surface area contributed by atoms with Crippen molar-refractivity contribution in [2.75, 3.05) is 13.6 Å². The van der Waals surface area contributed by atoms with Gasteiger partial charge in [-0.05, 0) is 24.1 Å². The van der Waals surface area contributed by atoms with Crippen molar-refractivity contribution < 1.29 is 8.91 Å². The largest absolute Gasteiger partial charge is 0.356 e. The van der Waals surface area contributed by atoms with Crippen LogP contribution in [0.1, 0.15) is 38.0 Å². The summed E-state index contributed by atoms with van der Waals surface area (Å²) in [5.74, 6) is 1.62. The van der Waals surface area contributed by atoms with Gasteiger partial charge in [-0.2, -0.15) is 4.98 Å². The van der Waals surface area contributed by atoms with Crippen molar-refractivity contribution in [3.63, 3.8) is 0 Å². The van der Waals surface area contributed by atoms with Crippen molar-refractivity contribution in [3.8, 4) is 0 Å². The Morgan fingerprint density at radius 1 is 1.21 bits per heavy atom. The summed E-state index contributed by atoms with van der Waals surface area (Å²) >= 11 is 0. The average molecular weight is 333 g/mol. The van der Waals surface area contributed by atoms with Crippen LogP contribution >= 0.6 is 0 Å². The third-order valence-corrected chi connectivity index (χ3v) is 3.37. The second-order valence-corrected chi connectivity index (χ2v) is 6.49. The van der Waals surface area contributed by atoms with Crippen molar-refractivity contribution in [1.82, 2.24) is 20.8 Å². The SMILES string of the molecule is CN=C(NCCc1ccc(F)cc1)NCc1noc(C(C)(C)C)n1. The highest BCUT2D eigenvalue weighted by Crippen LogP contribution is 2.19. The van der Waals surface area contributed by atoms with Gasteiger partial charge in [0, 0.05) is 19.0 Å². The Bertz CT molecular complexity index is 673. The lowest BCUT2D eigenvalue weighted by molar-refractivity contribution is 0.318. The second kappa shape index (κ2) is 7.90. The van der Waals surface area contributed by atoms with Gasteiger partial charge in [-0.25, -0.2) is 4.39 Å². The fraction of sp³-hybridized carbons (Fsp3) is 0.471. The molecule has 0 bridgehead atoms. The van der Waals surface area contributed by atoms with Gasteiger partial charge in [-0.15, -0.1) is 0 Å². The minimum absolute atomic E-state index is 0.166. The quantitative estimate of drug-likeness (QED) is 0.649. The number of aromatic nitrogens is 2. The van der Waals surface area contributed by atoms with Gasteiger partial charge in [0.2, 0.25) is 5.89 Å². The molecule has 1 aromatic carbocycles. The van der Waals surface area contributed by atoms with Gasteiger partial charge >= 0.3 is 0 Å². The van der Waals surface area contributed by atoms with Gasteiger partial charge in [-0.1, -0.05) is 38.1 Å². The second-order valence-electron chi connectivity index (χ2n) is 6.49. The van der Waals surface area contributed by atoms with Crippen LogP contribution in [0.2, 0.25) is 0 Å². The minimum atomic E-state index is -0.223. The molecule has 130 valence electrons. The van der Waals surface area contributed by atoms with Gasteiger partial charge < -0.3 is 15.2 Å². The third-order valence-electron chi connectivity index (χ3n) is 3.37. The Hall–Kier alpha value is -2.44. The Morgan fingerprint density at radius 3 is 2.50 bits per heavy atom. The van der Waals surface area contributed by atoms with E-state index in [-0.39, 0.29) is 11.2 Å². The maximum Gasteiger partial charge on any atom is 0.232 e. The molecule has 0 aliphatic rings. The van der Waals surface area contributed by atoms with Gasteiger partial charge in [0.15, 0.2) is 11.8 Å². The van der Waals surface area contributed by atoms with E-state index in [2.05, 4.69) is 25.8 Å². The highest BCUT2D eigenvalue weighted by Gasteiger charge is 2.21. The number of nitrogens with one attached hydrogen (secondary N) is 2. The molecule has 7 heteroatoms. The van der Waals surface area contributed by atoms with E-state index in [9.17, 15) is 4.39 Å². The molecule has 2 rings (SSSR count). The maximum atomic E-state index is 12.9. The lowest BCUT2D eigenvalue weighted by Gasteiger charge is -2.11. The van der Waals surface area contributed by atoms with Crippen molar-refractivity contribution in [1.29, 1.82) is 0 Å². The molecule has 0 aliphatic carbocycles. The van der Waals surface area contributed by atoms with Gasteiger partial charge in [-0.3, -0.25) is 4.99 Å². The summed E-state index contributed by atoms with van der Waals surface area (Å²) in [5.41, 5.74) is 0.896. The molecule has 0 unspecified atom stereocenters. The number of guanidine groups is 1. The summed E-state index contributed by atoms with van der Waals surface area (Å²) in [7, 11) is 1.70. The van der Waals surface area contributed by atoms with Crippen LogP contribution in [0.3, 0.4) is 0 Å². The zero-order chi connectivity index (χ0) is 17.6. The Morgan fingerprint density at radius 2 is 1.92 bits per heavy atom. The molecule has 0 spiro atoms. The monoisotopic (exact) mass is 333 g/mol. The van der Waals surface area contributed by atoms with Crippen LogP contribution in [-0.4, -0.2) is 29.7 Å². The summed E-state index contributed by atoms with van der Waals surface area (Å²) < 4.78 is 18.1. The summed E-state index contributed by atoms with van der Waals surface area (Å²) in [6.07, 6.45) is 0.775. The van der Waals surface area contributed by atoms with Crippen LogP contribution in [0.25, 0.3) is 0 Å². The molecule has 6 nitrogen and oxygen atoms in total. The van der Waals surface area contributed by atoms with Crippen LogP contribution < -0.4 is 10.6 Å². The van der Waals surface area contributed by atoms with Crippen molar-refractivity contribution in [2.45, 2.75) is 39.2 Å². The molecule has 2 aromatic rings. The molecule has 0 aliphatic heterocycles. The van der Waals surface area contributed by atoms with Gasteiger partial charge in [0.05, 0.1) is 6.54 Å². The lowest BCUT2D eigenvalue weighted by Crippen LogP contribution is -2.38. The number of halogens is 1. The molecule has 1 heterocycles. The average Bonchev–Trinajstić information content (AvgIpc) is 3.01. The maximum absolute atomic E-state index is 12.9. The van der Waals surface area contributed by atoms with Gasteiger partial charge in [0.1, 0.15) is 5.82 Å². The lowest BCUT2D eigenvalue weighted by atomic mass is 9.97. The molecule has 1 aromatic heterocycles. The van der Waals surface area contributed by atoms with Crippen molar-refractivity contribution in [2.24, 2.45) is 4.99 Å². The molecular formula is C17H24FN5O.